The molecule has 13 aromatic rings. The standard InChI is InChI=1S/C66H41NOS/c1-2-16-42(17-3-1)43-30-32-44(33-31-43)67(45-35-37-54-55-24-10-13-27-63(55)68-64-28-14-11-25-56(64)58(54)38-45)46-34-36-53-51-22-7-6-20-49(51)47-18-4-5-19-48(47)50-21-8-9-23-52(50)60-40-62-57-26-12-15-29-65(57)69-66(62)41-61(60)59(53)39-46/h1-41H. The maximum absolute atomic E-state index is 6.66. The number of anilines is 3. The Hall–Kier alpha value is -8.76. The topological polar surface area (TPSA) is 12.5 Å². The van der Waals surface area contributed by atoms with Crippen molar-refractivity contribution in [3.8, 4) is 44.9 Å². The molecule has 0 aliphatic carbocycles. The number of thiophene rings is 1. The summed E-state index contributed by atoms with van der Waals surface area (Å²) >= 11 is 1.87. The van der Waals surface area contributed by atoms with E-state index in [0.717, 1.165) is 50.8 Å². The lowest BCUT2D eigenvalue weighted by Gasteiger charge is -2.27. The molecule has 0 atom stereocenters. The molecule has 1 aliphatic rings. The lowest BCUT2D eigenvalue weighted by molar-refractivity contribution is 0.488. The van der Waals surface area contributed by atoms with Gasteiger partial charge in [-0.15, -0.1) is 11.3 Å². The highest BCUT2D eigenvalue weighted by Gasteiger charge is 2.23. The van der Waals surface area contributed by atoms with Crippen molar-refractivity contribution >= 4 is 102 Å². The van der Waals surface area contributed by atoms with Crippen molar-refractivity contribution in [2.45, 2.75) is 0 Å². The van der Waals surface area contributed by atoms with Crippen molar-refractivity contribution in [3.05, 3.63) is 249 Å². The van der Waals surface area contributed by atoms with Gasteiger partial charge in [0.15, 0.2) is 0 Å². The molecule has 0 unspecified atom stereocenters. The first kappa shape index (κ1) is 39.4. The van der Waals surface area contributed by atoms with Crippen LogP contribution in [0.15, 0.2) is 249 Å². The molecule has 0 N–H and O–H groups in total. The number of rotatable bonds is 4. The second kappa shape index (κ2) is 16.0. The van der Waals surface area contributed by atoms with E-state index in [2.05, 4.69) is 248 Å². The molecule has 1 aliphatic heterocycles. The number of nitrogens with zero attached hydrogens (tertiary/aromatic N) is 1. The summed E-state index contributed by atoms with van der Waals surface area (Å²) in [5.74, 6) is 1.70. The third-order valence-electron chi connectivity index (χ3n) is 14.1. The molecule has 2 heterocycles. The zero-order valence-corrected chi connectivity index (χ0v) is 38.3. The van der Waals surface area contributed by atoms with E-state index in [0.29, 0.717) is 0 Å². The zero-order chi connectivity index (χ0) is 45.4. The van der Waals surface area contributed by atoms with Crippen LogP contribution in [0.5, 0.6) is 11.5 Å². The van der Waals surface area contributed by atoms with Crippen LogP contribution in [-0.4, -0.2) is 0 Å². The molecular weight excluding hydrogens is 855 g/mol. The van der Waals surface area contributed by atoms with Gasteiger partial charge in [0, 0.05) is 48.4 Å². The second-order valence-corrected chi connectivity index (χ2v) is 19.0. The minimum absolute atomic E-state index is 0.845. The summed E-state index contributed by atoms with van der Waals surface area (Å²) in [6, 6.07) is 91.2. The van der Waals surface area contributed by atoms with Crippen molar-refractivity contribution < 1.29 is 4.74 Å². The summed E-state index contributed by atoms with van der Waals surface area (Å²) in [5.41, 5.74) is 9.94. The number of hydrogen-bond donors (Lipinski definition) is 0. The molecule has 0 bridgehead atoms. The van der Waals surface area contributed by atoms with E-state index in [1.165, 1.54) is 85.2 Å². The van der Waals surface area contributed by atoms with Gasteiger partial charge in [-0.1, -0.05) is 182 Å². The van der Waals surface area contributed by atoms with Gasteiger partial charge < -0.3 is 9.64 Å². The van der Waals surface area contributed by atoms with Crippen LogP contribution in [0.1, 0.15) is 0 Å². The van der Waals surface area contributed by atoms with Crippen LogP contribution < -0.4 is 9.64 Å². The molecule has 322 valence electrons. The predicted molar refractivity (Wildman–Crippen MR) is 296 cm³/mol. The maximum atomic E-state index is 6.66. The average Bonchev–Trinajstić information content (AvgIpc) is 3.72. The third-order valence-corrected chi connectivity index (χ3v) is 15.2. The Balaban J connectivity index is 1.12. The van der Waals surface area contributed by atoms with E-state index in [4.69, 9.17) is 4.74 Å². The Labute approximate surface area is 403 Å². The average molecular weight is 896 g/mol. The Morgan fingerprint density at radius 1 is 0.246 bits per heavy atom. The van der Waals surface area contributed by atoms with Gasteiger partial charge in [-0.25, -0.2) is 0 Å². The monoisotopic (exact) mass is 895 g/mol. The summed E-state index contributed by atoms with van der Waals surface area (Å²) in [5, 5.41) is 14.7. The minimum atomic E-state index is 0.845. The second-order valence-electron chi connectivity index (χ2n) is 17.9. The highest BCUT2D eigenvalue weighted by molar-refractivity contribution is 7.25. The number of fused-ring (bicyclic) bond motifs is 18. The molecular formula is C66H41NOS. The van der Waals surface area contributed by atoms with Crippen LogP contribution in [0.25, 0.3) is 107 Å². The van der Waals surface area contributed by atoms with Crippen LogP contribution in [0.3, 0.4) is 0 Å². The highest BCUT2D eigenvalue weighted by Crippen LogP contribution is 2.50. The summed E-state index contributed by atoms with van der Waals surface area (Å²) < 4.78 is 9.22. The summed E-state index contributed by atoms with van der Waals surface area (Å²) in [7, 11) is 0. The van der Waals surface area contributed by atoms with E-state index in [1.807, 2.05) is 17.4 Å². The van der Waals surface area contributed by atoms with Crippen molar-refractivity contribution in [2.75, 3.05) is 4.90 Å². The molecule has 0 amide bonds. The SMILES string of the molecule is c1ccc(-c2ccc(N(c3ccc4c(c3)-c3ccccc3Oc3ccccc3-4)c3ccc4c5ccccc5c5ccccc5c5ccccc5c5cc6c(cc5c4c3)sc3ccccc36)cc2)cc1. The Morgan fingerprint density at radius 2 is 0.696 bits per heavy atom. The van der Waals surface area contributed by atoms with Gasteiger partial charge in [-0.2, -0.15) is 0 Å². The van der Waals surface area contributed by atoms with Gasteiger partial charge in [0.2, 0.25) is 0 Å². The van der Waals surface area contributed by atoms with E-state index in [1.54, 1.807) is 0 Å². The summed E-state index contributed by atoms with van der Waals surface area (Å²) in [6.07, 6.45) is 0. The molecule has 12 aromatic carbocycles. The van der Waals surface area contributed by atoms with E-state index >= 15 is 0 Å². The number of hydrogen-bond acceptors (Lipinski definition) is 3. The van der Waals surface area contributed by atoms with Crippen LogP contribution in [0.2, 0.25) is 0 Å². The smallest absolute Gasteiger partial charge is 0.135 e. The third kappa shape index (κ3) is 6.47. The van der Waals surface area contributed by atoms with Gasteiger partial charge in [-0.05, 0) is 143 Å². The van der Waals surface area contributed by atoms with Crippen molar-refractivity contribution in [3.63, 3.8) is 0 Å². The molecule has 14 rings (SSSR count). The molecule has 0 spiro atoms. The number of para-hydroxylation sites is 2. The first-order valence-corrected chi connectivity index (χ1v) is 24.4. The Morgan fingerprint density at radius 3 is 1.35 bits per heavy atom. The van der Waals surface area contributed by atoms with E-state index < -0.39 is 0 Å². The quantitative estimate of drug-likeness (QED) is 0.175. The highest BCUT2D eigenvalue weighted by atomic mass is 32.1. The van der Waals surface area contributed by atoms with Crippen molar-refractivity contribution in [2.24, 2.45) is 0 Å². The predicted octanol–water partition coefficient (Wildman–Crippen LogP) is 19.5. The normalized spacial score (nSPS) is 11.9. The first-order chi connectivity index (χ1) is 34.2. The van der Waals surface area contributed by atoms with Crippen LogP contribution in [0, 0.1) is 0 Å². The first-order valence-electron chi connectivity index (χ1n) is 23.6. The Kier molecular flexibility index (Phi) is 9.11. The molecule has 0 saturated carbocycles. The molecule has 0 radical (unpaired) electrons. The van der Waals surface area contributed by atoms with E-state index in [-0.39, 0.29) is 0 Å². The Bertz CT molecular complexity index is 4280. The van der Waals surface area contributed by atoms with Crippen molar-refractivity contribution in [1.29, 1.82) is 0 Å². The zero-order valence-electron chi connectivity index (χ0n) is 37.4. The molecule has 69 heavy (non-hydrogen) atoms. The lowest BCUT2D eigenvalue weighted by Crippen LogP contribution is -2.10. The number of benzene rings is 11. The van der Waals surface area contributed by atoms with Crippen LogP contribution in [-0.2, 0) is 0 Å². The van der Waals surface area contributed by atoms with Gasteiger partial charge in [0.25, 0.3) is 0 Å². The fraction of sp³-hybridized carbons (Fsp3) is 0. The van der Waals surface area contributed by atoms with Crippen LogP contribution in [0.4, 0.5) is 17.1 Å². The summed E-state index contributed by atoms with van der Waals surface area (Å²) in [6.45, 7) is 0. The molecule has 2 nitrogen and oxygen atoms in total. The maximum Gasteiger partial charge on any atom is 0.135 e. The number of ether oxygens (including phenoxy) is 1. The van der Waals surface area contributed by atoms with E-state index in [9.17, 15) is 0 Å². The van der Waals surface area contributed by atoms with Gasteiger partial charge >= 0.3 is 0 Å². The summed E-state index contributed by atoms with van der Waals surface area (Å²) in [4.78, 5) is 2.43. The molecule has 0 saturated heterocycles. The molecule has 1 aromatic heterocycles. The molecule has 3 heteroatoms. The fourth-order valence-electron chi connectivity index (χ4n) is 10.9. The lowest BCUT2D eigenvalue weighted by atomic mass is 9.93. The van der Waals surface area contributed by atoms with Gasteiger partial charge in [-0.3, -0.25) is 0 Å². The largest absolute Gasteiger partial charge is 0.456 e. The van der Waals surface area contributed by atoms with Crippen LogP contribution >= 0.6 is 11.3 Å². The van der Waals surface area contributed by atoms with Gasteiger partial charge in [0.1, 0.15) is 11.5 Å². The van der Waals surface area contributed by atoms with Gasteiger partial charge in [0.05, 0.1) is 0 Å². The minimum Gasteiger partial charge on any atom is -0.456 e. The van der Waals surface area contributed by atoms with Crippen molar-refractivity contribution in [1.82, 2.24) is 0 Å². The fourth-order valence-corrected chi connectivity index (χ4v) is 12.0. The molecule has 0 fully saturated rings.